The average Bonchev–Trinajstić information content (AvgIpc) is 2.19. The fraction of sp³-hybridized carbons (Fsp3) is 0.455. The van der Waals surface area contributed by atoms with Crippen LogP contribution in [0.5, 0.6) is 0 Å². The average molecular weight is 208 g/mol. The standard InChI is InChI=1S/C11H16N2O2/c1-8(2)13-10(7-14)6-9-4-3-5-12-11(9)15/h3-5,7-8,10,13H,6H2,1-2H3,(H,12,15)/t10-/m0/s1. The van der Waals surface area contributed by atoms with Crippen LogP contribution < -0.4 is 10.9 Å². The Morgan fingerprint density at radius 3 is 2.80 bits per heavy atom. The van der Waals surface area contributed by atoms with Crippen LogP contribution in [0.2, 0.25) is 0 Å². The number of nitrogens with one attached hydrogen (secondary N) is 2. The summed E-state index contributed by atoms with van der Waals surface area (Å²) >= 11 is 0. The monoisotopic (exact) mass is 208 g/mol. The molecule has 0 fully saturated rings. The Morgan fingerprint density at radius 2 is 2.27 bits per heavy atom. The molecule has 0 saturated carbocycles. The molecule has 0 radical (unpaired) electrons. The molecule has 0 unspecified atom stereocenters. The fourth-order valence-electron chi connectivity index (χ4n) is 1.43. The third kappa shape index (κ3) is 3.67. The summed E-state index contributed by atoms with van der Waals surface area (Å²) in [6.07, 6.45) is 2.85. The van der Waals surface area contributed by atoms with E-state index >= 15 is 0 Å². The van der Waals surface area contributed by atoms with Gasteiger partial charge in [0.05, 0.1) is 6.04 Å². The van der Waals surface area contributed by atoms with Gasteiger partial charge in [0, 0.05) is 17.8 Å². The zero-order chi connectivity index (χ0) is 11.3. The smallest absolute Gasteiger partial charge is 0.251 e. The normalized spacial score (nSPS) is 12.7. The number of rotatable bonds is 5. The maximum Gasteiger partial charge on any atom is 0.251 e. The first-order valence-electron chi connectivity index (χ1n) is 5.01. The van der Waals surface area contributed by atoms with Crippen molar-refractivity contribution in [2.45, 2.75) is 32.4 Å². The van der Waals surface area contributed by atoms with Crippen LogP contribution in [-0.2, 0) is 11.2 Å². The van der Waals surface area contributed by atoms with E-state index in [1.165, 1.54) is 0 Å². The van der Waals surface area contributed by atoms with Gasteiger partial charge in [-0.2, -0.15) is 0 Å². The maximum absolute atomic E-state index is 11.4. The lowest BCUT2D eigenvalue weighted by Crippen LogP contribution is -2.38. The quantitative estimate of drug-likeness (QED) is 0.692. The Kier molecular flexibility index (Phi) is 4.24. The molecule has 4 heteroatoms. The van der Waals surface area contributed by atoms with Crippen LogP contribution in [-0.4, -0.2) is 23.4 Å². The minimum Gasteiger partial charge on any atom is -0.329 e. The van der Waals surface area contributed by atoms with Crippen LogP contribution in [0, 0.1) is 0 Å². The van der Waals surface area contributed by atoms with Crippen molar-refractivity contribution in [1.82, 2.24) is 10.3 Å². The summed E-state index contributed by atoms with van der Waals surface area (Å²) in [7, 11) is 0. The second-order valence-corrected chi connectivity index (χ2v) is 3.79. The third-order valence-electron chi connectivity index (χ3n) is 2.05. The Bertz CT molecular complexity index is 371. The van der Waals surface area contributed by atoms with E-state index in [2.05, 4.69) is 10.3 Å². The van der Waals surface area contributed by atoms with Crippen molar-refractivity contribution in [3.63, 3.8) is 0 Å². The van der Waals surface area contributed by atoms with Gasteiger partial charge in [0.25, 0.3) is 5.56 Å². The summed E-state index contributed by atoms with van der Waals surface area (Å²) in [5.74, 6) is 0. The zero-order valence-corrected chi connectivity index (χ0v) is 8.99. The predicted octanol–water partition coefficient (Wildman–Crippen LogP) is 0.483. The van der Waals surface area contributed by atoms with E-state index in [0.717, 1.165) is 6.29 Å². The zero-order valence-electron chi connectivity index (χ0n) is 8.99. The molecule has 15 heavy (non-hydrogen) atoms. The number of H-pyrrole nitrogens is 1. The minimum atomic E-state index is -0.298. The molecule has 1 aromatic heterocycles. The van der Waals surface area contributed by atoms with Gasteiger partial charge in [-0.15, -0.1) is 0 Å². The lowest BCUT2D eigenvalue weighted by molar-refractivity contribution is -0.109. The van der Waals surface area contributed by atoms with E-state index < -0.39 is 0 Å². The Labute approximate surface area is 88.7 Å². The minimum absolute atomic E-state index is 0.130. The second kappa shape index (κ2) is 5.46. The number of carbonyl (C=O) groups is 1. The van der Waals surface area contributed by atoms with E-state index in [4.69, 9.17) is 0 Å². The van der Waals surface area contributed by atoms with Gasteiger partial charge in [-0.3, -0.25) is 4.79 Å². The largest absolute Gasteiger partial charge is 0.329 e. The molecule has 82 valence electrons. The SMILES string of the molecule is CC(C)N[C@H](C=O)Cc1ccc[nH]c1=O. The first kappa shape index (κ1) is 11.7. The Morgan fingerprint density at radius 1 is 1.53 bits per heavy atom. The summed E-state index contributed by atoms with van der Waals surface area (Å²) in [5, 5.41) is 3.08. The van der Waals surface area contributed by atoms with Crippen LogP contribution >= 0.6 is 0 Å². The third-order valence-corrected chi connectivity index (χ3v) is 2.05. The second-order valence-electron chi connectivity index (χ2n) is 3.79. The van der Waals surface area contributed by atoms with Gasteiger partial charge in [0.2, 0.25) is 0 Å². The lowest BCUT2D eigenvalue weighted by atomic mass is 10.1. The maximum atomic E-state index is 11.4. The molecule has 0 spiro atoms. The van der Waals surface area contributed by atoms with Gasteiger partial charge in [0.1, 0.15) is 6.29 Å². The van der Waals surface area contributed by atoms with Gasteiger partial charge in [0.15, 0.2) is 0 Å². The van der Waals surface area contributed by atoms with Crippen molar-refractivity contribution >= 4 is 6.29 Å². The summed E-state index contributed by atoms with van der Waals surface area (Å²) in [6.45, 7) is 3.93. The van der Waals surface area contributed by atoms with Gasteiger partial charge in [-0.1, -0.05) is 19.9 Å². The summed E-state index contributed by atoms with van der Waals surface area (Å²) in [5.41, 5.74) is 0.498. The Hall–Kier alpha value is -1.42. The first-order chi connectivity index (χ1) is 7.13. The van der Waals surface area contributed by atoms with E-state index in [1.807, 2.05) is 13.8 Å². The molecule has 0 aliphatic rings. The predicted molar refractivity (Wildman–Crippen MR) is 58.9 cm³/mol. The number of aldehydes is 1. The number of hydrogen-bond donors (Lipinski definition) is 2. The van der Waals surface area contributed by atoms with Crippen molar-refractivity contribution in [2.75, 3.05) is 0 Å². The van der Waals surface area contributed by atoms with Gasteiger partial charge < -0.3 is 15.1 Å². The van der Waals surface area contributed by atoms with Crippen molar-refractivity contribution in [2.24, 2.45) is 0 Å². The number of aromatic amines is 1. The molecule has 2 N–H and O–H groups in total. The molecule has 1 heterocycles. The van der Waals surface area contributed by atoms with Crippen LogP contribution in [0.25, 0.3) is 0 Å². The summed E-state index contributed by atoms with van der Waals surface area (Å²) < 4.78 is 0. The lowest BCUT2D eigenvalue weighted by Gasteiger charge is -2.14. The van der Waals surface area contributed by atoms with Gasteiger partial charge >= 0.3 is 0 Å². The molecule has 0 aliphatic heterocycles. The first-order valence-corrected chi connectivity index (χ1v) is 5.01. The number of pyridine rings is 1. The van der Waals surface area contributed by atoms with E-state index in [1.54, 1.807) is 18.3 Å². The topological polar surface area (TPSA) is 62.0 Å². The van der Waals surface area contributed by atoms with E-state index in [0.29, 0.717) is 12.0 Å². The molecule has 1 aromatic rings. The molecule has 4 nitrogen and oxygen atoms in total. The molecule has 1 rings (SSSR count). The highest BCUT2D eigenvalue weighted by Gasteiger charge is 2.10. The van der Waals surface area contributed by atoms with Crippen molar-refractivity contribution < 1.29 is 4.79 Å². The summed E-state index contributed by atoms with van der Waals surface area (Å²) in [4.78, 5) is 24.7. The van der Waals surface area contributed by atoms with E-state index in [-0.39, 0.29) is 17.6 Å². The fourth-order valence-corrected chi connectivity index (χ4v) is 1.43. The Balaban J connectivity index is 2.71. The molecule has 0 aliphatic carbocycles. The number of hydrogen-bond acceptors (Lipinski definition) is 3. The summed E-state index contributed by atoms with van der Waals surface area (Å²) in [6, 6.07) is 3.42. The van der Waals surface area contributed by atoms with Crippen LogP contribution in [0.1, 0.15) is 19.4 Å². The van der Waals surface area contributed by atoms with Gasteiger partial charge in [-0.25, -0.2) is 0 Å². The van der Waals surface area contributed by atoms with Crippen molar-refractivity contribution in [3.05, 3.63) is 34.2 Å². The van der Waals surface area contributed by atoms with E-state index in [9.17, 15) is 9.59 Å². The number of carbonyl (C=O) groups excluding carboxylic acids is 1. The highest BCUT2D eigenvalue weighted by molar-refractivity contribution is 5.58. The number of aromatic nitrogens is 1. The molecular formula is C11H16N2O2. The van der Waals surface area contributed by atoms with Crippen molar-refractivity contribution in [1.29, 1.82) is 0 Å². The molecule has 1 atom stereocenters. The molecular weight excluding hydrogens is 192 g/mol. The van der Waals surface area contributed by atoms with Crippen LogP contribution in [0.4, 0.5) is 0 Å². The molecule has 0 amide bonds. The van der Waals surface area contributed by atoms with Crippen LogP contribution in [0.15, 0.2) is 23.1 Å². The highest BCUT2D eigenvalue weighted by Crippen LogP contribution is 1.96. The van der Waals surface area contributed by atoms with Crippen molar-refractivity contribution in [3.8, 4) is 0 Å². The molecule has 0 aromatic carbocycles. The van der Waals surface area contributed by atoms with Crippen LogP contribution in [0.3, 0.4) is 0 Å². The highest BCUT2D eigenvalue weighted by atomic mass is 16.1. The molecule has 0 saturated heterocycles. The van der Waals surface area contributed by atoms with Gasteiger partial charge in [-0.05, 0) is 12.5 Å². The molecule has 0 bridgehead atoms.